The smallest absolute Gasteiger partial charge is 0.193 e. The van der Waals surface area contributed by atoms with Gasteiger partial charge in [0.15, 0.2) is 5.96 Å². The third-order valence-corrected chi connectivity index (χ3v) is 5.59. The van der Waals surface area contributed by atoms with Crippen LogP contribution in [0.15, 0.2) is 35.7 Å². The van der Waals surface area contributed by atoms with Crippen LogP contribution < -0.4 is 10.2 Å². The predicted octanol–water partition coefficient (Wildman–Crippen LogP) is 2.60. The second-order valence-electron chi connectivity index (χ2n) is 7.50. The van der Waals surface area contributed by atoms with Gasteiger partial charge in [-0.2, -0.15) is 5.10 Å². The average molecular weight is 495 g/mol. The molecule has 4 heterocycles. The number of hydrogen-bond acceptors (Lipinski definition) is 4. The van der Waals surface area contributed by atoms with Crippen LogP contribution in [-0.4, -0.2) is 58.9 Å². The van der Waals surface area contributed by atoms with Gasteiger partial charge in [-0.25, -0.2) is 4.98 Å². The van der Waals surface area contributed by atoms with Crippen molar-refractivity contribution in [3.63, 3.8) is 0 Å². The SMILES string of the molecule is CN=C(NCc1ccc(N2CCCC2)nc1)N1CCC(c2cnn(C)c2)C1.I. The van der Waals surface area contributed by atoms with Gasteiger partial charge < -0.3 is 15.1 Å². The normalized spacial score (nSPS) is 19.8. The first-order chi connectivity index (χ1) is 13.2. The molecule has 2 aliphatic heterocycles. The van der Waals surface area contributed by atoms with Crippen molar-refractivity contribution in [2.75, 3.05) is 38.1 Å². The molecule has 2 aromatic heterocycles. The van der Waals surface area contributed by atoms with Gasteiger partial charge in [0.25, 0.3) is 0 Å². The van der Waals surface area contributed by atoms with E-state index < -0.39 is 0 Å². The number of pyridine rings is 1. The third-order valence-electron chi connectivity index (χ3n) is 5.59. The second kappa shape index (κ2) is 9.58. The van der Waals surface area contributed by atoms with Crippen LogP contribution in [0.5, 0.6) is 0 Å². The average Bonchev–Trinajstić information content (AvgIpc) is 3.44. The molecule has 0 saturated carbocycles. The Morgan fingerprint density at radius 1 is 1.21 bits per heavy atom. The molecule has 152 valence electrons. The van der Waals surface area contributed by atoms with Crippen LogP contribution in [-0.2, 0) is 13.6 Å². The summed E-state index contributed by atoms with van der Waals surface area (Å²) in [6, 6.07) is 4.31. The molecular weight excluding hydrogens is 465 g/mol. The van der Waals surface area contributed by atoms with Crippen molar-refractivity contribution in [3.8, 4) is 0 Å². The Balaban J connectivity index is 0.00000225. The zero-order valence-corrected chi connectivity index (χ0v) is 19.0. The molecule has 4 rings (SSSR count). The van der Waals surface area contributed by atoms with Crippen LogP contribution >= 0.6 is 24.0 Å². The van der Waals surface area contributed by atoms with Crippen molar-refractivity contribution >= 4 is 35.8 Å². The Morgan fingerprint density at radius 3 is 2.68 bits per heavy atom. The lowest BCUT2D eigenvalue weighted by Crippen LogP contribution is -2.39. The predicted molar refractivity (Wildman–Crippen MR) is 123 cm³/mol. The molecule has 2 aromatic rings. The highest BCUT2D eigenvalue weighted by Crippen LogP contribution is 2.26. The minimum Gasteiger partial charge on any atom is -0.357 e. The lowest BCUT2D eigenvalue weighted by Gasteiger charge is -2.22. The number of aryl methyl sites for hydroxylation is 1. The van der Waals surface area contributed by atoms with Gasteiger partial charge >= 0.3 is 0 Å². The maximum absolute atomic E-state index is 4.64. The van der Waals surface area contributed by atoms with E-state index in [1.165, 1.54) is 24.0 Å². The Hall–Kier alpha value is -1.84. The van der Waals surface area contributed by atoms with E-state index in [1.54, 1.807) is 0 Å². The van der Waals surface area contributed by atoms with Gasteiger partial charge in [-0.1, -0.05) is 6.07 Å². The van der Waals surface area contributed by atoms with E-state index in [1.807, 2.05) is 31.2 Å². The highest BCUT2D eigenvalue weighted by atomic mass is 127. The summed E-state index contributed by atoms with van der Waals surface area (Å²) in [7, 11) is 3.83. The summed E-state index contributed by atoms with van der Waals surface area (Å²) in [6.07, 6.45) is 9.78. The maximum Gasteiger partial charge on any atom is 0.193 e. The number of aromatic nitrogens is 3. The Morgan fingerprint density at radius 2 is 2.04 bits per heavy atom. The van der Waals surface area contributed by atoms with Gasteiger partial charge in [0.05, 0.1) is 6.20 Å². The minimum atomic E-state index is 0. The van der Waals surface area contributed by atoms with Gasteiger partial charge in [-0.15, -0.1) is 24.0 Å². The summed E-state index contributed by atoms with van der Waals surface area (Å²) in [6.45, 7) is 5.01. The van der Waals surface area contributed by atoms with Crippen LogP contribution in [0.4, 0.5) is 5.82 Å². The maximum atomic E-state index is 4.64. The summed E-state index contributed by atoms with van der Waals surface area (Å²) in [4.78, 5) is 13.8. The molecule has 0 amide bonds. The van der Waals surface area contributed by atoms with Crippen molar-refractivity contribution in [1.29, 1.82) is 0 Å². The summed E-state index contributed by atoms with van der Waals surface area (Å²) in [5.41, 5.74) is 2.50. The molecule has 0 aromatic carbocycles. The van der Waals surface area contributed by atoms with Crippen LogP contribution in [0.25, 0.3) is 0 Å². The lowest BCUT2D eigenvalue weighted by atomic mass is 10.0. The number of nitrogens with one attached hydrogen (secondary N) is 1. The van der Waals surface area contributed by atoms with Gasteiger partial charge in [-0.05, 0) is 36.5 Å². The number of likely N-dealkylation sites (tertiary alicyclic amines) is 1. The molecular formula is C20H30IN7. The molecule has 0 spiro atoms. The number of halogens is 1. The van der Waals surface area contributed by atoms with Crippen LogP contribution in [0.2, 0.25) is 0 Å². The summed E-state index contributed by atoms with van der Waals surface area (Å²) >= 11 is 0. The van der Waals surface area contributed by atoms with Crippen LogP contribution in [0.3, 0.4) is 0 Å². The minimum absolute atomic E-state index is 0. The fourth-order valence-corrected chi connectivity index (χ4v) is 4.04. The molecule has 1 atom stereocenters. The van der Waals surface area contributed by atoms with E-state index >= 15 is 0 Å². The molecule has 0 radical (unpaired) electrons. The van der Waals surface area contributed by atoms with Crippen molar-refractivity contribution in [3.05, 3.63) is 41.9 Å². The van der Waals surface area contributed by atoms with Crippen molar-refractivity contribution in [1.82, 2.24) is 25.0 Å². The molecule has 2 fully saturated rings. The first-order valence-electron chi connectivity index (χ1n) is 9.87. The van der Waals surface area contributed by atoms with Crippen molar-refractivity contribution < 1.29 is 0 Å². The van der Waals surface area contributed by atoms with E-state index in [-0.39, 0.29) is 24.0 Å². The highest BCUT2D eigenvalue weighted by Gasteiger charge is 2.26. The first kappa shape index (κ1) is 20.9. The fraction of sp³-hybridized carbons (Fsp3) is 0.550. The molecule has 1 unspecified atom stereocenters. The third kappa shape index (κ3) is 4.76. The molecule has 8 heteroatoms. The van der Waals surface area contributed by atoms with Crippen LogP contribution in [0.1, 0.15) is 36.3 Å². The molecule has 2 aliphatic rings. The molecule has 0 bridgehead atoms. The van der Waals surface area contributed by atoms with Crippen LogP contribution in [0, 0.1) is 0 Å². The summed E-state index contributed by atoms with van der Waals surface area (Å²) in [5, 5.41) is 7.80. The number of hydrogen-bond donors (Lipinski definition) is 1. The van der Waals surface area contributed by atoms with E-state index in [0.29, 0.717) is 5.92 Å². The molecule has 7 nitrogen and oxygen atoms in total. The number of anilines is 1. The van der Waals surface area contributed by atoms with Gasteiger partial charge in [0, 0.05) is 65.1 Å². The molecule has 28 heavy (non-hydrogen) atoms. The second-order valence-corrected chi connectivity index (χ2v) is 7.50. The van der Waals surface area contributed by atoms with Gasteiger partial charge in [0.1, 0.15) is 5.82 Å². The van der Waals surface area contributed by atoms with E-state index in [9.17, 15) is 0 Å². The van der Waals surface area contributed by atoms with E-state index in [2.05, 4.69) is 48.5 Å². The molecule has 1 N–H and O–H groups in total. The number of aliphatic imine (C=N–C) groups is 1. The Labute approximate surface area is 184 Å². The largest absolute Gasteiger partial charge is 0.357 e. The zero-order chi connectivity index (χ0) is 18.6. The summed E-state index contributed by atoms with van der Waals surface area (Å²) < 4.78 is 1.88. The van der Waals surface area contributed by atoms with E-state index in [4.69, 9.17) is 0 Å². The van der Waals surface area contributed by atoms with E-state index in [0.717, 1.165) is 50.9 Å². The number of nitrogens with zero attached hydrogens (tertiary/aromatic N) is 6. The van der Waals surface area contributed by atoms with Crippen molar-refractivity contribution in [2.24, 2.45) is 12.0 Å². The Bertz CT molecular complexity index is 780. The topological polar surface area (TPSA) is 61.6 Å². The standard InChI is InChI=1S/C20H29N7.HI/c1-21-20(27-10-7-17(15-27)18-13-24-25(2)14-18)23-12-16-5-6-19(22-11-16)26-8-3-4-9-26;/h5-6,11,13-14,17H,3-4,7-10,12,15H2,1-2H3,(H,21,23);1H. The molecule has 0 aliphatic carbocycles. The fourth-order valence-electron chi connectivity index (χ4n) is 4.04. The quantitative estimate of drug-likeness (QED) is 0.402. The van der Waals surface area contributed by atoms with Crippen molar-refractivity contribution in [2.45, 2.75) is 31.7 Å². The summed E-state index contributed by atoms with van der Waals surface area (Å²) in [5.74, 6) is 2.59. The monoisotopic (exact) mass is 495 g/mol. The first-order valence-corrected chi connectivity index (χ1v) is 9.87. The number of rotatable bonds is 4. The Kier molecular flexibility index (Phi) is 7.14. The highest BCUT2D eigenvalue weighted by molar-refractivity contribution is 14.0. The zero-order valence-electron chi connectivity index (χ0n) is 16.7. The van der Waals surface area contributed by atoms with Gasteiger partial charge in [0.2, 0.25) is 0 Å². The van der Waals surface area contributed by atoms with Gasteiger partial charge in [-0.3, -0.25) is 9.67 Å². The molecule has 2 saturated heterocycles. The lowest BCUT2D eigenvalue weighted by molar-refractivity contribution is 0.485. The number of guanidine groups is 1.